The highest BCUT2D eigenvalue weighted by molar-refractivity contribution is 6.17. The molecule has 1 heterocycles. The van der Waals surface area contributed by atoms with E-state index in [1.54, 1.807) is 0 Å². The van der Waals surface area contributed by atoms with Gasteiger partial charge in [0.1, 0.15) is 0 Å². The summed E-state index contributed by atoms with van der Waals surface area (Å²) in [6.45, 7) is 3.40. The Balaban J connectivity index is 2.21. The van der Waals surface area contributed by atoms with E-state index in [1.807, 2.05) is 0 Å². The SMILES string of the molecule is Cc1ccc(C2(CCCCl)OCCO2)cc1. The van der Waals surface area contributed by atoms with Crippen LogP contribution in [0, 0.1) is 6.92 Å². The molecule has 1 saturated heterocycles. The number of hydrogen-bond acceptors (Lipinski definition) is 2. The maximum absolute atomic E-state index is 5.79. The second kappa shape index (κ2) is 5.17. The predicted octanol–water partition coefficient (Wildman–Crippen LogP) is 3.21. The average Bonchev–Trinajstić information content (AvgIpc) is 2.77. The van der Waals surface area contributed by atoms with Gasteiger partial charge < -0.3 is 9.47 Å². The van der Waals surface area contributed by atoms with Crippen molar-refractivity contribution in [3.05, 3.63) is 35.4 Å². The van der Waals surface area contributed by atoms with Gasteiger partial charge in [0.15, 0.2) is 5.79 Å². The fourth-order valence-corrected chi connectivity index (χ4v) is 2.15. The van der Waals surface area contributed by atoms with Gasteiger partial charge in [-0.1, -0.05) is 29.8 Å². The van der Waals surface area contributed by atoms with Crippen LogP contribution in [0.15, 0.2) is 24.3 Å². The molecule has 1 aliphatic heterocycles. The minimum atomic E-state index is -0.553. The van der Waals surface area contributed by atoms with Crippen LogP contribution in [-0.2, 0) is 15.3 Å². The monoisotopic (exact) mass is 240 g/mol. The molecule has 0 aromatic heterocycles. The Kier molecular flexibility index (Phi) is 3.85. The number of benzene rings is 1. The topological polar surface area (TPSA) is 18.5 Å². The Morgan fingerprint density at radius 3 is 2.38 bits per heavy atom. The van der Waals surface area contributed by atoms with Crippen LogP contribution >= 0.6 is 11.6 Å². The normalized spacial score (nSPS) is 18.9. The van der Waals surface area contributed by atoms with E-state index in [-0.39, 0.29) is 0 Å². The van der Waals surface area contributed by atoms with Gasteiger partial charge in [0, 0.05) is 17.9 Å². The molecule has 1 aromatic carbocycles. The molecule has 1 aliphatic rings. The molecule has 0 N–H and O–H groups in total. The first-order valence-corrected chi connectivity index (χ1v) is 6.21. The number of hydrogen-bond donors (Lipinski definition) is 0. The number of ether oxygens (including phenoxy) is 2. The van der Waals surface area contributed by atoms with E-state index in [2.05, 4.69) is 31.2 Å². The summed E-state index contributed by atoms with van der Waals surface area (Å²) >= 11 is 5.74. The van der Waals surface area contributed by atoms with Crippen LogP contribution in [0.5, 0.6) is 0 Å². The smallest absolute Gasteiger partial charge is 0.195 e. The molecule has 0 radical (unpaired) electrons. The van der Waals surface area contributed by atoms with Crippen LogP contribution in [0.2, 0.25) is 0 Å². The molecule has 2 rings (SSSR count). The molecule has 0 aliphatic carbocycles. The van der Waals surface area contributed by atoms with Gasteiger partial charge in [0.2, 0.25) is 0 Å². The van der Waals surface area contributed by atoms with Gasteiger partial charge in [-0.25, -0.2) is 0 Å². The molecule has 2 nitrogen and oxygen atoms in total. The molecule has 0 amide bonds. The molecule has 3 heteroatoms. The van der Waals surface area contributed by atoms with E-state index in [1.165, 1.54) is 5.56 Å². The molecule has 1 aromatic rings. The number of alkyl halides is 1. The summed E-state index contributed by atoms with van der Waals surface area (Å²) in [6, 6.07) is 8.33. The summed E-state index contributed by atoms with van der Waals surface area (Å²) in [7, 11) is 0. The molecule has 0 bridgehead atoms. The van der Waals surface area contributed by atoms with Gasteiger partial charge in [0.25, 0.3) is 0 Å². The fraction of sp³-hybridized carbons (Fsp3) is 0.538. The molecule has 0 unspecified atom stereocenters. The molecular formula is C13H17ClO2. The van der Waals surface area contributed by atoms with Gasteiger partial charge >= 0.3 is 0 Å². The molecular weight excluding hydrogens is 224 g/mol. The van der Waals surface area contributed by atoms with Gasteiger partial charge in [-0.3, -0.25) is 0 Å². The summed E-state index contributed by atoms with van der Waals surface area (Å²) in [4.78, 5) is 0. The lowest BCUT2D eigenvalue weighted by atomic mass is 10.00. The van der Waals surface area contributed by atoms with Crippen molar-refractivity contribution in [3.8, 4) is 0 Å². The van der Waals surface area contributed by atoms with Gasteiger partial charge in [-0.05, 0) is 13.3 Å². The standard InChI is InChI=1S/C13H17ClO2/c1-11-3-5-12(6-4-11)13(7-2-8-14)15-9-10-16-13/h3-6H,2,7-10H2,1H3. The Hall–Kier alpha value is -0.570. The van der Waals surface area contributed by atoms with Crippen molar-refractivity contribution in [1.82, 2.24) is 0 Å². The summed E-state index contributed by atoms with van der Waals surface area (Å²) in [5.74, 6) is 0.0862. The van der Waals surface area contributed by atoms with E-state index >= 15 is 0 Å². The van der Waals surface area contributed by atoms with Crippen molar-refractivity contribution in [1.29, 1.82) is 0 Å². The quantitative estimate of drug-likeness (QED) is 0.753. The number of aryl methyl sites for hydroxylation is 1. The van der Waals surface area contributed by atoms with Crippen LogP contribution in [0.25, 0.3) is 0 Å². The van der Waals surface area contributed by atoms with E-state index in [0.29, 0.717) is 19.1 Å². The Labute approximate surface area is 102 Å². The Bertz CT molecular complexity index is 328. The first-order valence-electron chi connectivity index (χ1n) is 5.68. The Morgan fingerprint density at radius 1 is 1.19 bits per heavy atom. The average molecular weight is 241 g/mol. The third-order valence-corrected chi connectivity index (χ3v) is 3.15. The third kappa shape index (κ3) is 2.40. The van der Waals surface area contributed by atoms with Crippen LogP contribution < -0.4 is 0 Å². The summed E-state index contributed by atoms with van der Waals surface area (Å²) in [6.07, 6.45) is 1.72. The van der Waals surface area contributed by atoms with E-state index in [0.717, 1.165) is 18.4 Å². The lowest BCUT2D eigenvalue weighted by Gasteiger charge is -2.27. The lowest BCUT2D eigenvalue weighted by Crippen LogP contribution is -2.27. The zero-order valence-electron chi connectivity index (χ0n) is 9.54. The first-order chi connectivity index (χ1) is 7.77. The molecule has 88 valence electrons. The van der Waals surface area contributed by atoms with Crippen molar-refractivity contribution in [2.24, 2.45) is 0 Å². The van der Waals surface area contributed by atoms with Crippen molar-refractivity contribution in [2.75, 3.05) is 19.1 Å². The van der Waals surface area contributed by atoms with Gasteiger partial charge in [-0.15, -0.1) is 11.6 Å². The predicted molar refractivity (Wildman–Crippen MR) is 64.7 cm³/mol. The van der Waals surface area contributed by atoms with Crippen molar-refractivity contribution in [3.63, 3.8) is 0 Å². The molecule has 0 spiro atoms. The molecule has 1 fully saturated rings. The van der Waals surface area contributed by atoms with Crippen LogP contribution in [0.1, 0.15) is 24.0 Å². The van der Waals surface area contributed by atoms with Crippen LogP contribution in [-0.4, -0.2) is 19.1 Å². The molecule has 0 saturated carbocycles. The fourth-order valence-electron chi connectivity index (χ4n) is 2.02. The van der Waals surface area contributed by atoms with Gasteiger partial charge in [-0.2, -0.15) is 0 Å². The molecule has 0 atom stereocenters. The van der Waals surface area contributed by atoms with Crippen LogP contribution in [0.3, 0.4) is 0 Å². The van der Waals surface area contributed by atoms with E-state index in [4.69, 9.17) is 21.1 Å². The number of halogens is 1. The van der Waals surface area contributed by atoms with Gasteiger partial charge in [0.05, 0.1) is 13.2 Å². The van der Waals surface area contributed by atoms with Crippen molar-refractivity contribution >= 4 is 11.6 Å². The highest BCUT2D eigenvalue weighted by Gasteiger charge is 2.37. The zero-order chi connectivity index (χ0) is 11.4. The van der Waals surface area contributed by atoms with E-state index in [9.17, 15) is 0 Å². The lowest BCUT2D eigenvalue weighted by molar-refractivity contribution is -0.170. The van der Waals surface area contributed by atoms with E-state index < -0.39 is 5.79 Å². The van der Waals surface area contributed by atoms with Crippen molar-refractivity contribution < 1.29 is 9.47 Å². The third-order valence-electron chi connectivity index (χ3n) is 2.88. The minimum Gasteiger partial charge on any atom is -0.343 e. The summed E-state index contributed by atoms with van der Waals surface area (Å²) in [5, 5.41) is 0. The van der Waals surface area contributed by atoms with Crippen LogP contribution in [0.4, 0.5) is 0 Å². The maximum atomic E-state index is 5.79. The summed E-state index contributed by atoms with van der Waals surface area (Å²) in [5.41, 5.74) is 2.34. The second-order valence-corrected chi connectivity index (χ2v) is 4.49. The molecule has 16 heavy (non-hydrogen) atoms. The second-order valence-electron chi connectivity index (χ2n) is 4.11. The highest BCUT2D eigenvalue weighted by atomic mass is 35.5. The largest absolute Gasteiger partial charge is 0.343 e. The minimum absolute atomic E-state index is 0.553. The van der Waals surface area contributed by atoms with Crippen molar-refractivity contribution in [2.45, 2.75) is 25.6 Å². The zero-order valence-corrected chi connectivity index (χ0v) is 10.3. The summed E-state index contributed by atoms with van der Waals surface area (Å²) < 4.78 is 11.6. The first kappa shape index (κ1) is 11.9. The number of rotatable bonds is 4. The Morgan fingerprint density at radius 2 is 1.81 bits per heavy atom. The maximum Gasteiger partial charge on any atom is 0.195 e. The highest BCUT2D eigenvalue weighted by Crippen LogP contribution is 2.36.